The Hall–Kier alpha value is -3.68. The number of carbonyl (C=O) groups excluding carboxylic acids is 3. The van der Waals surface area contributed by atoms with Crippen molar-refractivity contribution in [2.75, 3.05) is 25.6 Å². The van der Waals surface area contributed by atoms with Crippen molar-refractivity contribution >= 4 is 23.3 Å². The van der Waals surface area contributed by atoms with Gasteiger partial charge in [-0.2, -0.15) is 0 Å². The Balaban J connectivity index is 1.89. The van der Waals surface area contributed by atoms with E-state index in [1.54, 1.807) is 18.2 Å². The standard InChI is InChI=1S/C22H22FNO6/c1-4-5-15-6-9-20(21(10-15)28-3)29-13-22(27)30-12-19(26)17-8-7-16(11-18(17)23)24-14(2)25/h4,6-11H,1,5,12-13H2,2-3H3,(H,24,25). The highest BCUT2D eigenvalue weighted by molar-refractivity contribution is 5.99. The number of benzene rings is 2. The molecule has 0 unspecified atom stereocenters. The first-order chi connectivity index (χ1) is 14.3. The average molecular weight is 415 g/mol. The van der Waals surface area contributed by atoms with Gasteiger partial charge in [0.15, 0.2) is 24.7 Å². The molecular formula is C22H22FNO6. The third kappa shape index (κ3) is 6.44. The summed E-state index contributed by atoms with van der Waals surface area (Å²) in [6.07, 6.45) is 2.41. The van der Waals surface area contributed by atoms with Crippen molar-refractivity contribution < 1.29 is 33.0 Å². The molecule has 1 amide bonds. The second kappa shape index (κ2) is 10.8. The molecule has 0 saturated heterocycles. The highest BCUT2D eigenvalue weighted by Crippen LogP contribution is 2.28. The van der Waals surface area contributed by atoms with E-state index in [4.69, 9.17) is 14.2 Å². The topological polar surface area (TPSA) is 90.9 Å². The van der Waals surface area contributed by atoms with Crippen molar-refractivity contribution in [2.24, 2.45) is 0 Å². The molecule has 0 atom stereocenters. The lowest BCUT2D eigenvalue weighted by molar-refractivity contribution is -0.144. The summed E-state index contributed by atoms with van der Waals surface area (Å²) >= 11 is 0. The number of carbonyl (C=O) groups is 3. The van der Waals surface area contributed by atoms with Gasteiger partial charge < -0.3 is 19.5 Å². The third-order valence-electron chi connectivity index (χ3n) is 3.91. The zero-order chi connectivity index (χ0) is 22.1. The van der Waals surface area contributed by atoms with Crippen LogP contribution in [0.15, 0.2) is 49.1 Å². The van der Waals surface area contributed by atoms with Gasteiger partial charge in [0, 0.05) is 12.6 Å². The predicted octanol–water partition coefficient (Wildman–Crippen LogP) is 3.33. The van der Waals surface area contributed by atoms with Crippen LogP contribution in [0.5, 0.6) is 11.5 Å². The molecular weight excluding hydrogens is 393 g/mol. The van der Waals surface area contributed by atoms with Gasteiger partial charge in [0.1, 0.15) is 5.82 Å². The SMILES string of the molecule is C=CCc1ccc(OCC(=O)OCC(=O)c2ccc(NC(C)=O)cc2F)c(OC)c1. The quantitative estimate of drug-likeness (QED) is 0.364. The number of methoxy groups -OCH3 is 1. The monoisotopic (exact) mass is 415 g/mol. The normalized spacial score (nSPS) is 10.1. The number of anilines is 1. The Bertz CT molecular complexity index is 957. The lowest BCUT2D eigenvalue weighted by Crippen LogP contribution is -2.20. The number of halogens is 1. The third-order valence-corrected chi connectivity index (χ3v) is 3.91. The smallest absolute Gasteiger partial charge is 0.344 e. The summed E-state index contributed by atoms with van der Waals surface area (Å²) in [6.45, 7) is 3.86. The summed E-state index contributed by atoms with van der Waals surface area (Å²) in [4.78, 5) is 35.0. The summed E-state index contributed by atoms with van der Waals surface area (Å²) in [5, 5.41) is 2.41. The van der Waals surface area contributed by atoms with Crippen LogP contribution in [0.25, 0.3) is 0 Å². The number of amides is 1. The van der Waals surface area contributed by atoms with Crippen molar-refractivity contribution in [3.63, 3.8) is 0 Å². The maximum absolute atomic E-state index is 14.1. The first-order valence-corrected chi connectivity index (χ1v) is 9.00. The van der Waals surface area contributed by atoms with Gasteiger partial charge in [-0.3, -0.25) is 9.59 Å². The minimum atomic E-state index is -0.831. The van der Waals surface area contributed by atoms with E-state index < -0.39 is 30.8 Å². The number of hydrogen-bond acceptors (Lipinski definition) is 6. The van der Waals surface area contributed by atoms with E-state index in [0.717, 1.165) is 11.6 Å². The number of esters is 1. The Kier molecular flexibility index (Phi) is 8.10. The second-order valence-corrected chi connectivity index (χ2v) is 6.23. The zero-order valence-corrected chi connectivity index (χ0v) is 16.7. The fourth-order valence-electron chi connectivity index (χ4n) is 2.55. The molecule has 0 heterocycles. The van der Waals surface area contributed by atoms with Gasteiger partial charge in [-0.05, 0) is 42.3 Å². The van der Waals surface area contributed by atoms with E-state index in [0.29, 0.717) is 17.9 Å². The van der Waals surface area contributed by atoms with Crippen molar-refractivity contribution in [3.8, 4) is 11.5 Å². The lowest BCUT2D eigenvalue weighted by atomic mass is 10.1. The molecule has 2 rings (SSSR count). The summed E-state index contributed by atoms with van der Waals surface area (Å²) in [6, 6.07) is 8.83. The molecule has 2 aromatic carbocycles. The van der Waals surface area contributed by atoms with Gasteiger partial charge in [-0.1, -0.05) is 12.1 Å². The Labute approximate surface area is 173 Å². The van der Waals surface area contributed by atoms with Gasteiger partial charge >= 0.3 is 5.97 Å². The fourth-order valence-corrected chi connectivity index (χ4v) is 2.55. The summed E-state index contributed by atoms with van der Waals surface area (Å²) in [5.74, 6) is -1.93. The molecule has 158 valence electrons. The van der Waals surface area contributed by atoms with Crippen LogP contribution in [0, 0.1) is 5.82 Å². The molecule has 8 heteroatoms. The van der Waals surface area contributed by atoms with E-state index >= 15 is 0 Å². The van der Waals surface area contributed by atoms with E-state index in [1.807, 2.05) is 6.07 Å². The van der Waals surface area contributed by atoms with E-state index in [1.165, 1.54) is 26.2 Å². The van der Waals surface area contributed by atoms with Gasteiger partial charge in [0.25, 0.3) is 0 Å². The van der Waals surface area contributed by atoms with Gasteiger partial charge in [0.05, 0.1) is 12.7 Å². The largest absolute Gasteiger partial charge is 0.493 e. The summed E-state index contributed by atoms with van der Waals surface area (Å²) in [5.41, 5.74) is 0.932. The molecule has 2 aromatic rings. The maximum Gasteiger partial charge on any atom is 0.344 e. The van der Waals surface area contributed by atoms with E-state index in [2.05, 4.69) is 11.9 Å². The van der Waals surface area contributed by atoms with Crippen LogP contribution in [0.3, 0.4) is 0 Å². The second-order valence-electron chi connectivity index (χ2n) is 6.23. The molecule has 0 aromatic heterocycles. The number of rotatable bonds is 10. The van der Waals surface area contributed by atoms with Gasteiger partial charge in [-0.15, -0.1) is 6.58 Å². The van der Waals surface area contributed by atoms with Crippen LogP contribution in [0.1, 0.15) is 22.8 Å². The fraction of sp³-hybridized carbons (Fsp3) is 0.227. The highest BCUT2D eigenvalue weighted by Gasteiger charge is 2.16. The first-order valence-electron chi connectivity index (χ1n) is 9.00. The van der Waals surface area contributed by atoms with Crippen molar-refractivity contribution in [2.45, 2.75) is 13.3 Å². The lowest BCUT2D eigenvalue weighted by Gasteiger charge is -2.12. The van der Waals surface area contributed by atoms with E-state index in [-0.39, 0.29) is 17.2 Å². The molecule has 0 aliphatic carbocycles. The zero-order valence-electron chi connectivity index (χ0n) is 16.7. The summed E-state index contributed by atoms with van der Waals surface area (Å²) in [7, 11) is 1.47. The molecule has 0 bridgehead atoms. The molecule has 7 nitrogen and oxygen atoms in total. The minimum Gasteiger partial charge on any atom is -0.493 e. The summed E-state index contributed by atoms with van der Waals surface area (Å²) < 4.78 is 29.5. The van der Waals surface area contributed by atoms with Crippen LogP contribution in [0.4, 0.5) is 10.1 Å². The van der Waals surface area contributed by atoms with Gasteiger partial charge in [-0.25, -0.2) is 9.18 Å². The predicted molar refractivity (Wildman–Crippen MR) is 108 cm³/mol. The molecule has 0 saturated carbocycles. The number of hydrogen-bond donors (Lipinski definition) is 1. The minimum absolute atomic E-state index is 0.218. The van der Waals surface area contributed by atoms with Crippen molar-refractivity contribution in [3.05, 3.63) is 66.0 Å². The molecule has 0 spiro atoms. The Morgan fingerprint density at radius 3 is 2.50 bits per heavy atom. The molecule has 0 aliphatic rings. The maximum atomic E-state index is 14.1. The van der Waals surface area contributed by atoms with Crippen LogP contribution >= 0.6 is 0 Å². The Morgan fingerprint density at radius 2 is 1.87 bits per heavy atom. The van der Waals surface area contributed by atoms with Crippen LogP contribution in [-0.4, -0.2) is 38.0 Å². The number of nitrogens with one attached hydrogen (secondary N) is 1. The molecule has 0 fully saturated rings. The number of ketones is 1. The van der Waals surface area contributed by atoms with Crippen LogP contribution < -0.4 is 14.8 Å². The van der Waals surface area contributed by atoms with Gasteiger partial charge in [0.2, 0.25) is 11.7 Å². The molecule has 1 N–H and O–H groups in total. The molecule has 0 radical (unpaired) electrons. The Morgan fingerprint density at radius 1 is 1.10 bits per heavy atom. The van der Waals surface area contributed by atoms with Crippen molar-refractivity contribution in [1.29, 1.82) is 0 Å². The van der Waals surface area contributed by atoms with Crippen LogP contribution in [-0.2, 0) is 20.7 Å². The highest BCUT2D eigenvalue weighted by atomic mass is 19.1. The van der Waals surface area contributed by atoms with Crippen LogP contribution in [0.2, 0.25) is 0 Å². The number of allylic oxidation sites excluding steroid dienone is 1. The molecule has 0 aliphatic heterocycles. The number of ether oxygens (including phenoxy) is 3. The first kappa shape index (κ1) is 22.6. The average Bonchev–Trinajstić information content (AvgIpc) is 2.70. The molecule has 30 heavy (non-hydrogen) atoms. The van der Waals surface area contributed by atoms with Crippen molar-refractivity contribution in [1.82, 2.24) is 0 Å². The van der Waals surface area contributed by atoms with E-state index in [9.17, 15) is 18.8 Å². The number of Topliss-reactive ketones (excluding diaryl/α,β-unsaturated/α-hetero) is 1.